The fourth-order valence-corrected chi connectivity index (χ4v) is 4.54. The minimum absolute atomic E-state index is 0.286. The van der Waals surface area contributed by atoms with Crippen LogP contribution in [0.5, 0.6) is 0 Å². The van der Waals surface area contributed by atoms with Gasteiger partial charge in [0.15, 0.2) is 0 Å². The SMILES string of the molecule is Cc1cc(/C=N\NC(=O)CN(c2cccc(C(F)(F)F)c2)S(C)(=O)=O)c(C)n1-c1cccc(Cl)c1. The van der Waals surface area contributed by atoms with Crippen molar-refractivity contribution in [1.29, 1.82) is 0 Å². The summed E-state index contributed by atoms with van der Waals surface area (Å²) in [5.41, 5.74) is 4.17. The van der Waals surface area contributed by atoms with Gasteiger partial charge >= 0.3 is 6.18 Å². The molecule has 0 aliphatic heterocycles. The van der Waals surface area contributed by atoms with Crippen molar-refractivity contribution >= 4 is 39.4 Å². The highest BCUT2D eigenvalue weighted by molar-refractivity contribution is 7.92. The highest BCUT2D eigenvalue weighted by Gasteiger charge is 2.32. The average molecular weight is 527 g/mol. The number of carbonyl (C=O) groups is 1. The number of nitrogens with zero attached hydrogens (tertiary/aromatic N) is 3. The van der Waals surface area contributed by atoms with Crippen LogP contribution in [0.4, 0.5) is 18.9 Å². The van der Waals surface area contributed by atoms with Crippen LogP contribution in [0.2, 0.25) is 5.02 Å². The van der Waals surface area contributed by atoms with Crippen LogP contribution in [-0.4, -0.2) is 37.9 Å². The van der Waals surface area contributed by atoms with Gasteiger partial charge in [-0.3, -0.25) is 9.10 Å². The van der Waals surface area contributed by atoms with Gasteiger partial charge in [-0.2, -0.15) is 18.3 Å². The molecule has 0 fully saturated rings. The van der Waals surface area contributed by atoms with E-state index < -0.39 is 34.2 Å². The van der Waals surface area contributed by atoms with Crippen LogP contribution in [-0.2, 0) is 21.0 Å². The molecular formula is C23H22ClF3N4O3S. The lowest BCUT2D eigenvalue weighted by Gasteiger charge is -2.22. The van der Waals surface area contributed by atoms with E-state index in [-0.39, 0.29) is 5.69 Å². The van der Waals surface area contributed by atoms with E-state index in [1.165, 1.54) is 12.3 Å². The molecule has 0 aliphatic rings. The molecule has 1 amide bonds. The Morgan fingerprint density at radius 3 is 2.46 bits per heavy atom. The van der Waals surface area contributed by atoms with Crippen molar-refractivity contribution in [2.24, 2.45) is 5.10 Å². The number of hydrogen-bond donors (Lipinski definition) is 1. The van der Waals surface area contributed by atoms with Crippen LogP contribution in [0, 0.1) is 13.8 Å². The molecule has 0 unspecified atom stereocenters. The van der Waals surface area contributed by atoms with Crippen LogP contribution in [0.25, 0.3) is 5.69 Å². The van der Waals surface area contributed by atoms with E-state index >= 15 is 0 Å². The molecule has 0 saturated carbocycles. The van der Waals surface area contributed by atoms with E-state index in [9.17, 15) is 26.4 Å². The highest BCUT2D eigenvalue weighted by Crippen LogP contribution is 2.32. The number of hydrazone groups is 1. The minimum atomic E-state index is -4.66. The van der Waals surface area contributed by atoms with Gasteiger partial charge in [0.25, 0.3) is 5.91 Å². The largest absolute Gasteiger partial charge is 0.416 e. The summed E-state index contributed by atoms with van der Waals surface area (Å²) in [5, 5.41) is 4.47. The molecule has 0 aliphatic carbocycles. The fraction of sp³-hybridized carbons (Fsp3) is 0.217. The number of anilines is 1. The number of aryl methyl sites for hydroxylation is 1. The second-order valence-electron chi connectivity index (χ2n) is 7.75. The normalized spacial score (nSPS) is 12.2. The minimum Gasteiger partial charge on any atom is -0.318 e. The monoisotopic (exact) mass is 526 g/mol. The Labute approximate surface area is 205 Å². The zero-order valence-electron chi connectivity index (χ0n) is 19.0. The molecule has 3 aromatic rings. The van der Waals surface area contributed by atoms with E-state index in [2.05, 4.69) is 10.5 Å². The molecular weight excluding hydrogens is 505 g/mol. The van der Waals surface area contributed by atoms with E-state index in [0.29, 0.717) is 21.0 Å². The average Bonchev–Trinajstić information content (AvgIpc) is 3.03. The smallest absolute Gasteiger partial charge is 0.318 e. The topological polar surface area (TPSA) is 83.8 Å². The maximum Gasteiger partial charge on any atom is 0.416 e. The molecule has 0 spiro atoms. The van der Waals surface area contributed by atoms with Crippen molar-refractivity contribution in [3.05, 3.63) is 82.1 Å². The Morgan fingerprint density at radius 1 is 1.14 bits per heavy atom. The molecule has 0 radical (unpaired) electrons. The fourth-order valence-electron chi connectivity index (χ4n) is 3.51. The predicted octanol–water partition coefficient (Wildman–Crippen LogP) is 4.68. The number of alkyl halides is 3. The third-order valence-electron chi connectivity index (χ3n) is 5.08. The van der Waals surface area contributed by atoms with Crippen molar-refractivity contribution in [3.63, 3.8) is 0 Å². The number of hydrogen-bond acceptors (Lipinski definition) is 4. The van der Waals surface area contributed by atoms with Crippen molar-refractivity contribution in [3.8, 4) is 5.69 Å². The van der Waals surface area contributed by atoms with Gasteiger partial charge in [0.05, 0.1) is 23.7 Å². The first-order chi connectivity index (χ1) is 16.3. The van der Waals surface area contributed by atoms with Crippen LogP contribution in [0.3, 0.4) is 0 Å². The molecule has 35 heavy (non-hydrogen) atoms. The number of halogens is 4. The summed E-state index contributed by atoms with van der Waals surface area (Å²) in [6.45, 7) is 3.00. The van der Waals surface area contributed by atoms with Crippen LogP contribution in [0.15, 0.2) is 59.7 Å². The van der Waals surface area contributed by atoms with Crippen molar-refractivity contribution < 1.29 is 26.4 Å². The van der Waals surface area contributed by atoms with Crippen LogP contribution >= 0.6 is 11.6 Å². The van der Waals surface area contributed by atoms with Gasteiger partial charge in [0.1, 0.15) is 6.54 Å². The summed E-state index contributed by atoms with van der Waals surface area (Å²) < 4.78 is 66.0. The molecule has 2 aromatic carbocycles. The lowest BCUT2D eigenvalue weighted by Crippen LogP contribution is -2.39. The summed E-state index contributed by atoms with van der Waals surface area (Å²) in [4.78, 5) is 12.4. The molecule has 0 atom stereocenters. The summed E-state index contributed by atoms with van der Waals surface area (Å²) in [6, 6.07) is 12.9. The molecule has 1 heterocycles. The second-order valence-corrected chi connectivity index (χ2v) is 10.1. The zero-order valence-corrected chi connectivity index (χ0v) is 20.5. The van der Waals surface area contributed by atoms with Crippen molar-refractivity contribution in [2.75, 3.05) is 17.1 Å². The molecule has 12 heteroatoms. The Kier molecular flexibility index (Phi) is 7.61. The number of aromatic nitrogens is 1. The number of benzene rings is 2. The molecule has 1 N–H and O–H groups in total. The van der Waals surface area contributed by atoms with Crippen molar-refractivity contribution in [2.45, 2.75) is 20.0 Å². The first kappa shape index (κ1) is 26.3. The maximum absolute atomic E-state index is 13.0. The third kappa shape index (κ3) is 6.43. The summed E-state index contributed by atoms with van der Waals surface area (Å²) >= 11 is 6.08. The Balaban J connectivity index is 1.77. The third-order valence-corrected chi connectivity index (χ3v) is 6.45. The number of carbonyl (C=O) groups excluding carboxylic acids is 1. The van der Waals surface area contributed by atoms with Crippen molar-refractivity contribution in [1.82, 2.24) is 9.99 Å². The Bertz CT molecular complexity index is 1380. The van der Waals surface area contributed by atoms with Gasteiger partial charge in [-0.25, -0.2) is 13.8 Å². The lowest BCUT2D eigenvalue weighted by molar-refractivity contribution is -0.137. The van der Waals surface area contributed by atoms with E-state index in [1.807, 2.05) is 36.6 Å². The maximum atomic E-state index is 13.0. The number of rotatable bonds is 7. The number of sulfonamides is 1. The van der Waals surface area contributed by atoms with E-state index in [0.717, 1.165) is 35.5 Å². The summed E-state index contributed by atoms with van der Waals surface area (Å²) in [7, 11) is -4.06. The predicted molar refractivity (Wildman–Crippen MR) is 130 cm³/mol. The standard InChI is InChI=1S/C23H22ClF3N4O3S/c1-15-10-17(16(2)31(15)21-9-5-7-19(24)12-21)13-28-29-22(32)14-30(35(3,33)34)20-8-4-6-18(11-20)23(25,26)27/h4-13H,14H2,1-3H3,(H,29,32)/b28-13-. The number of amides is 1. The molecule has 0 bridgehead atoms. The summed E-state index contributed by atoms with van der Waals surface area (Å²) in [6.07, 6.45) is -2.46. The first-order valence-corrected chi connectivity index (χ1v) is 12.4. The first-order valence-electron chi connectivity index (χ1n) is 10.2. The highest BCUT2D eigenvalue weighted by atomic mass is 35.5. The van der Waals surface area contributed by atoms with Gasteiger partial charge in [-0.1, -0.05) is 23.7 Å². The Morgan fingerprint density at radius 2 is 1.83 bits per heavy atom. The van der Waals surface area contributed by atoms with Gasteiger partial charge < -0.3 is 4.57 Å². The molecule has 186 valence electrons. The van der Waals surface area contributed by atoms with Gasteiger partial charge in [-0.05, 0) is 56.3 Å². The molecule has 7 nitrogen and oxygen atoms in total. The molecule has 0 saturated heterocycles. The molecule has 1 aromatic heterocycles. The van der Waals surface area contributed by atoms with Crippen LogP contribution < -0.4 is 9.73 Å². The Hall–Kier alpha value is -3.31. The lowest BCUT2D eigenvalue weighted by atomic mass is 10.2. The molecule has 3 rings (SSSR count). The van der Waals surface area contributed by atoms with Gasteiger partial charge in [-0.15, -0.1) is 0 Å². The summed E-state index contributed by atoms with van der Waals surface area (Å²) in [5.74, 6) is -0.826. The van der Waals surface area contributed by atoms with Gasteiger partial charge in [0.2, 0.25) is 10.0 Å². The zero-order chi connectivity index (χ0) is 26.0. The van der Waals surface area contributed by atoms with Gasteiger partial charge in [0, 0.05) is 27.7 Å². The van der Waals surface area contributed by atoms with E-state index in [1.54, 1.807) is 12.1 Å². The second kappa shape index (κ2) is 10.1. The number of nitrogens with one attached hydrogen (secondary N) is 1. The quantitative estimate of drug-likeness (QED) is 0.358. The van der Waals surface area contributed by atoms with E-state index in [4.69, 9.17) is 11.6 Å². The van der Waals surface area contributed by atoms with Crippen LogP contribution in [0.1, 0.15) is 22.5 Å².